The molecule has 5 aromatic rings. The minimum absolute atomic E-state index is 0.199. The lowest BCUT2D eigenvalue weighted by atomic mass is 9.82. The van der Waals surface area contributed by atoms with Crippen LogP contribution in [0.2, 0.25) is 0 Å². The number of aromatic nitrogens is 1. The molecule has 0 fully saturated rings. The molecule has 2 N–H and O–H groups in total. The fourth-order valence-electron chi connectivity index (χ4n) is 5.73. The van der Waals surface area contributed by atoms with E-state index in [-0.39, 0.29) is 10.8 Å². The molecule has 42 heavy (non-hydrogen) atoms. The third kappa shape index (κ3) is 5.56. The molecular weight excluding hydrogens is 514 g/mol. The van der Waals surface area contributed by atoms with Gasteiger partial charge in [0.25, 0.3) is 0 Å². The van der Waals surface area contributed by atoms with Crippen molar-refractivity contribution >= 4 is 0 Å². The fraction of sp³-hybridized carbons (Fsp3) is 0.256. The summed E-state index contributed by atoms with van der Waals surface area (Å²) in [7, 11) is 0. The zero-order chi connectivity index (χ0) is 30.4. The molecule has 214 valence electrons. The van der Waals surface area contributed by atoms with E-state index in [4.69, 9.17) is 4.98 Å². The smallest absolute Gasteiger partial charge is 0.127 e. The average Bonchev–Trinajstić information content (AvgIpc) is 2.94. The first kappa shape index (κ1) is 29.1. The molecule has 0 unspecified atom stereocenters. The molecule has 3 nitrogen and oxygen atoms in total. The van der Waals surface area contributed by atoms with Crippen molar-refractivity contribution in [3.05, 3.63) is 113 Å². The van der Waals surface area contributed by atoms with Gasteiger partial charge in [0, 0.05) is 33.4 Å². The van der Waals surface area contributed by atoms with Crippen molar-refractivity contribution in [1.82, 2.24) is 4.98 Å². The van der Waals surface area contributed by atoms with Crippen LogP contribution in [0.15, 0.2) is 91.0 Å². The molecule has 0 bridgehead atoms. The Kier molecular flexibility index (Phi) is 7.49. The second kappa shape index (κ2) is 10.8. The van der Waals surface area contributed by atoms with Gasteiger partial charge in [0.15, 0.2) is 0 Å². The van der Waals surface area contributed by atoms with Crippen molar-refractivity contribution < 1.29 is 10.2 Å². The van der Waals surface area contributed by atoms with E-state index in [9.17, 15) is 10.2 Å². The topological polar surface area (TPSA) is 53.4 Å². The first-order chi connectivity index (χ1) is 19.8. The minimum Gasteiger partial charge on any atom is -0.507 e. The van der Waals surface area contributed by atoms with Crippen LogP contribution in [0.1, 0.15) is 63.8 Å². The SMILES string of the molecule is Cc1cc(-c2ccccc2-c2cccc(-c3ccccc3-c3cc(C)cc(C(C)(C)C)c3O)n2)c(O)c(C(C)(C)C)c1. The van der Waals surface area contributed by atoms with Gasteiger partial charge in [0.2, 0.25) is 0 Å². The summed E-state index contributed by atoms with van der Waals surface area (Å²) in [5, 5.41) is 22.9. The zero-order valence-electron chi connectivity index (χ0n) is 26.0. The maximum atomic E-state index is 11.5. The summed E-state index contributed by atoms with van der Waals surface area (Å²) in [6, 6.07) is 30.6. The van der Waals surface area contributed by atoms with Crippen LogP contribution in [-0.2, 0) is 10.8 Å². The molecular formula is C39H41NO2. The predicted octanol–water partition coefficient (Wildman–Crippen LogP) is 10.4. The summed E-state index contributed by atoms with van der Waals surface area (Å²) in [6.45, 7) is 16.9. The quantitative estimate of drug-likeness (QED) is 0.232. The third-order valence-electron chi connectivity index (χ3n) is 7.86. The van der Waals surface area contributed by atoms with Crippen molar-refractivity contribution in [1.29, 1.82) is 0 Å². The lowest BCUT2D eigenvalue weighted by molar-refractivity contribution is 0.447. The maximum absolute atomic E-state index is 11.5. The molecule has 0 aliphatic rings. The van der Waals surface area contributed by atoms with Gasteiger partial charge in [-0.2, -0.15) is 0 Å². The number of pyridine rings is 1. The van der Waals surface area contributed by atoms with E-state index >= 15 is 0 Å². The zero-order valence-corrected chi connectivity index (χ0v) is 26.0. The number of hydrogen-bond donors (Lipinski definition) is 2. The fourth-order valence-corrected chi connectivity index (χ4v) is 5.73. The molecule has 0 radical (unpaired) electrons. The summed E-state index contributed by atoms with van der Waals surface area (Å²) < 4.78 is 0. The molecule has 1 aromatic heterocycles. The number of benzene rings is 4. The maximum Gasteiger partial charge on any atom is 0.127 e. The number of nitrogens with zero attached hydrogens (tertiary/aromatic N) is 1. The molecule has 0 aliphatic heterocycles. The molecule has 0 amide bonds. The predicted molar refractivity (Wildman–Crippen MR) is 176 cm³/mol. The molecule has 0 aliphatic carbocycles. The molecule has 0 spiro atoms. The first-order valence-electron chi connectivity index (χ1n) is 14.6. The van der Waals surface area contributed by atoms with E-state index in [1.165, 1.54) is 0 Å². The standard InChI is InChI=1S/C39H41NO2/c1-24-20-30(36(41)32(22-24)38(3,4)5)26-14-9-11-16-28(26)34-18-13-19-35(40-34)29-17-12-10-15-27(29)31-21-25(2)23-33(37(31)42)39(6,7)8/h9-23,41-42H,1-8H3. The number of rotatable bonds is 4. The number of hydrogen-bond acceptors (Lipinski definition) is 3. The van der Waals surface area contributed by atoms with E-state index in [2.05, 4.69) is 104 Å². The van der Waals surface area contributed by atoms with Crippen LogP contribution < -0.4 is 0 Å². The molecule has 0 saturated carbocycles. The van der Waals surface area contributed by atoms with E-state index in [1.807, 2.05) is 42.5 Å². The monoisotopic (exact) mass is 555 g/mol. The molecule has 5 rings (SSSR count). The van der Waals surface area contributed by atoms with Gasteiger partial charge in [-0.1, -0.05) is 108 Å². The Hall–Kier alpha value is -4.37. The highest BCUT2D eigenvalue weighted by atomic mass is 16.3. The van der Waals surface area contributed by atoms with Gasteiger partial charge in [0.1, 0.15) is 11.5 Å². The van der Waals surface area contributed by atoms with Crippen molar-refractivity contribution in [2.24, 2.45) is 0 Å². The van der Waals surface area contributed by atoms with Crippen molar-refractivity contribution in [3.8, 4) is 56.3 Å². The van der Waals surface area contributed by atoms with Gasteiger partial charge in [-0.25, -0.2) is 4.98 Å². The Bertz CT molecular complexity index is 1660. The molecule has 1 heterocycles. The molecule has 0 saturated heterocycles. The summed E-state index contributed by atoms with van der Waals surface area (Å²) >= 11 is 0. The Labute approximate surface area is 250 Å². The lowest BCUT2D eigenvalue weighted by Gasteiger charge is -2.24. The van der Waals surface area contributed by atoms with E-state index in [0.717, 1.165) is 67.0 Å². The second-order valence-corrected chi connectivity index (χ2v) is 13.4. The average molecular weight is 556 g/mol. The van der Waals surface area contributed by atoms with Crippen LogP contribution in [-0.4, -0.2) is 15.2 Å². The molecule has 0 atom stereocenters. The number of aromatic hydroxyl groups is 2. The summed E-state index contributed by atoms with van der Waals surface area (Å²) in [6.07, 6.45) is 0. The summed E-state index contributed by atoms with van der Waals surface area (Å²) in [5.41, 5.74) is 10.7. The highest BCUT2D eigenvalue weighted by Gasteiger charge is 2.24. The normalized spacial score (nSPS) is 12.0. The Morgan fingerprint density at radius 3 is 1.17 bits per heavy atom. The van der Waals surface area contributed by atoms with Crippen LogP contribution in [0, 0.1) is 13.8 Å². The number of aryl methyl sites for hydroxylation is 2. The van der Waals surface area contributed by atoms with Gasteiger partial charge in [-0.3, -0.25) is 0 Å². The van der Waals surface area contributed by atoms with Gasteiger partial charge in [-0.05, 0) is 71.2 Å². The van der Waals surface area contributed by atoms with Crippen molar-refractivity contribution in [2.45, 2.75) is 66.2 Å². The van der Waals surface area contributed by atoms with Crippen LogP contribution in [0.5, 0.6) is 11.5 Å². The highest BCUT2D eigenvalue weighted by molar-refractivity contribution is 5.89. The molecule has 3 heteroatoms. The third-order valence-corrected chi connectivity index (χ3v) is 7.86. The lowest BCUT2D eigenvalue weighted by Crippen LogP contribution is -2.12. The van der Waals surface area contributed by atoms with Crippen LogP contribution >= 0.6 is 0 Å². The second-order valence-electron chi connectivity index (χ2n) is 13.4. The van der Waals surface area contributed by atoms with Crippen molar-refractivity contribution in [2.75, 3.05) is 0 Å². The largest absolute Gasteiger partial charge is 0.507 e. The van der Waals surface area contributed by atoms with E-state index in [0.29, 0.717) is 11.5 Å². The summed E-state index contributed by atoms with van der Waals surface area (Å²) in [5.74, 6) is 0.623. The number of phenols is 2. The van der Waals surface area contributed by atoms with Crippen LogP contribution in [0.3, 0.4) is 0 Å². The van der Waals surface area contributed by atoms with Crippen LogP contribution in [0.4, 0.5) is 0 Å². The van der Waals surface area contributed by atoms with E-state index in [1.54, 1.807) is 0 Å². The minimum atomic E-state index is -0.199. The first-order valence-corrected chi connectivity index (χ1v) is 14.6. The van der Waals surface area contributed by atoms with Gasteiger partial charge in [0.05, 0.1) is 11.4 Å². The Morgan fingerprint density at radius 1 is 0.452 bits per heavy atom. The Morgan fingerprint density at radius 2 is 0.810 bits per heavy atom. The molecule has 4 aromatic carbocycles. The van der Waals surface area contributed by atoms with Gasteiger partial charge in [-0.15, -0.1) is 0 Å². The highest BCUT2D eigenvalue weighted by Crippen LogP contribution is 2.44. The van der Waals surface area contributed by atoms with Crippen molar-refractivity contribution in [3.63, 3.8) is 0 Å². The van der Waals surface area contributed by atoms with Gasteiger partial charge >= 0.3 is 0 Å². The summed E-state index contributed by atoms with van der Waals surface area (Å²) in [4.78, 5) is 5.17. The van der Waals surface area contributed by atoms with Crippen LogP contribution in [0.25, 0.3) is 44.8 Å². The Balaban J connectivity index is 1.68. The number of phenolic OH excluding ortho intramolecular Hbond substituents is 2. The van der Waals surface area contributed by atoms with E-state index < -0.39 is 0 Å². The van der Waals surface area contributed by atoms with Gasteiger partial charge < -0.3 is 10.2 Å².